The monoisotopic (exact) mass is 449 g/mol. The first kappa shape index (κ1) is 20.5. The molecule has 2 aliphatic heterocycles. The van der Waals surface area contributed by atoms with Gasteiger partial charge in [0, 0.05) is 16.1 Å². The highest BCUT2D eigenvalue weighted by Crippen LogP contribution is 2.45. The topological polar surface area (TPSA) is 76.1 Å². The number of hydrogen-bond acceptors (Lipinski definition) is 5. The van der Waals surface area contributed by atoms with Crippen LogP contribution < -0.4 is 14.4 Å². The number of ketones is 1. The molecule has 2 aliphatic rings. The van der Waals surface area contributed by atoms with Gasteiger partial charge >= 0.3 is 0 Å². The van der Waals surface area contributed by atoms with Crippen LogP contribution in [0.2, 0.25) is 5.02 Å². The molecule has 0 saturated carbocycles. The summed E-state index contributed by atoms with van der Waals surface area (Å²) in [5.74, 6) is 0.102. The van der Waals surface area contributed by atoms with Gasteiger partial charge in [-0.05, 0) is 42.0 Å². The van der Waals surface area contributed by atoms with E-state index in [2.05, 4.69) is 0 Å². The van der Waals surface area contributed by atoms with Gasteiger partial charge < -0.3 is 19.5 Å². The zero-order valence-electron chi connectivity index (χ0n) is 17.1. The number of nitrogens with zero attached hydrogens (tertiary/aromatic N) is 1. The SMILES string of the molecule is O=C(C[C@@]1(O)C(=O)N(Cc2ccccc2)c2ccc(Cl)cc21)c1ccc2c(c1)OCCO2. The fourth-order valence-corrected chi connectivity index (χ4v) is 4.34. The van der Waals surface area contributed by atoms with Gasteiger partial charge in [0.15, 0.2) is 22.9 Å². The Morgan fingerprint density at radius 1 is 1.00 bits per heavy atom. The Morgan fingerprint density at radius 2 is 1.75 bits per heavy atom. The molecular weight excluding hydrogens is 430 g/mol. The van der Waals surface area contributed by atoms with Crippen LogP contribution in [0.1, 0.15) is 27.9 Å². The van der Waals surface area contributed by atoms with Gasteiger partial charge in [-0.3, -0.25) is 9.59 Å². The van der Waals surface area contributed by atoms with Crippen LogP contribution in [-0.2, 0) is 16.9 Å². The number of fused-ring (bicyclic) bond motifs is 2. The van der Waals surface area contributed by atoms with E-state index in [0.29, 0.717) is 46.5 Å². The Hall–Kier alpha value is -3.35. The van der Waals surface area contributed by atoms with Crippen molar-refractivity contribution in [2.24, 2.45) is 0 Å². The van der Waals surface area contributed by atoms with Gasteiger partial charge in [0.2, 0.25) is 0 Å². The number of hydrogen-bond donors (Lipinski definition) is 1. The molecule has 1 atom stereocenters. The number of halogens is 1. The molecule has 0 unspecified atom stereocenters. The lowest BCUT2D eigenvalue weighted by atomic mass is 9.88. The molecule has 3 aromatic carbocycles. The second kappa shape index (κ2) is 7.97. The number of carbonyl (C=O) groups excluding carboxylic acids is 2. The van der Waals surface area contributed by atoms with E-state index in [1.54, 1.807) is 36.4 Å². The normalized spacial score (nSPS) is 19.1. The van der Waals surface area contributed by atoms with E-state index < -0.39 is 17.9 Å². The number of carbonyl (C=O) groups is 2. The maximum Gasteiger partial charge on any atom is 0.264 e. The van der Waals surface area contributed by atoms with Crippen molar-refractivity contribution in [3.63, 3.8) is 0 Å². The number of anilines is 1. The molecule has 162 valence electrons. The molecular formula is C25H20ClNO5. The van der Waals surface area contributed by atoms with Crippen molar-refractivity contribution < 1.29 is 24.2 Å². The predicted molar refractivity (Wildman–Crippen MR) is 119 cm³/mol. The Balaban J connectivity index is 1.48. The van der Waals surface area contributed by atoms with Crippen LogP contribution in [-0.4, -0.2) is 30.0 Å². The molecule has 0 bridgehead atoms. The van der Waals surface area contributed by atoms with E-state index in [-0.39, 0.29) is 12.3 Å². The van der Waals surface area contributed by atoms with Crippen molar-refractivity contribution in [2.45, 2.75) is 18.6 Å². The molecule has 6 nitrogen and oxygen atoms in total. The molecule has 0 spiro atoms. The van der Waals surface area contributed by atoms with E-state index >= 15 is 0 Å². The largest absolute Gasteiger partial charge is 0.486 e. The van der Waals surface area contributed by atoms with Crippen LogP contribution in [0.25, 0.3) is 0 Å². The first-order valence-electron chi connectivity index (χ1n) is 10.3. The molecule has 1 N–H and O–H groups in total. The first-order chi connectivity index (χ1) is 15.5. The second-order valence-corrected chi connectivity index (χ2v) is 8.29. The summed E-state index contributed by atoms with van der Waals surface area (Å²) >= 11 is 6.18. The minimum atomic E-state index is -2.01. The summed E-state index contributed by atoms with van der Waals surface area (Å²) in [5, 5.41) is 11.9. The average molecular weight is 450 g/mol. The zero-order chi connectivity index (χ0) is 22.3. The van der Waals surface area contributed by atoms with Gasteiger partial charge in [0.25, 0.3) is 5.91 Å². The number of rotatable bonds is 5. The molecule has 32 heavy (non-hydrogen) atoms. The molecule has 7 heteroatoms. The van der Waals surface area contributed by atoms with Crippen molar-refractivity contribution in [2.75, 3.05) is 18.1 Å². The summed E-state index contributed by atoms with van der Waals surface area (Å²) in [7, 11) is 0. The standard InChI is InChI=1S/C25H20ClNO5/c26-18-7-8-20-19(13-18)25(30,24(29)27(20)15-16-4-2-1-3-5-16)14-21(28)17-6-9-22-23(12-17)32-11-10-31-22/h1-9,12-13,30H,10-11,14-15H2/t25-/m0/s1. The average Bonchev–Trinajstić information content (AvgIpc) is 3.00. The maximum absolute atomic E-state index is 13.4. The lowest BCUT2D eigenvalue weighted by Gasteiger charge is -2.23. The number of Topliss-reactive ketones (excluding diaryl/α,β-unsaturated/α-hetero) is 1. The molecule has 0 saturated heterocycles. The third kappa shape index (κ3) is 3.51. The van der Waals surface area contributed by atoms with Crippen LogP contribution in [0.5, 0.6) is 11.5 Å². The third-order valence-corrected chi connectivity index (χ3v) is 5.99. The van der Waals surface area contributed by atoms with Crippen molar-refractivity contribution in [3.05, 3.63) is 88.4 Å². The van der Waals surface area contributed by atoms with Crippen molar-refractivity contribution in [3.8, 4) is 11.5 Å². The smallest absolute Gasteiger partial charge is 0.264 e. The Kier molecular flexibility index (Phi) is 5.12. The summed E-state index contributed by atoms with van der Waals surface area (Å²) in [5.41, 5.74) is 0.0987. The van der Waals surface area contributed by atoms with Crippen LogP contribution in [0, 0.1) is 0 Å². The summed E-state index contributed by atoms with van der Waals surface area (Å²) in [6, 6.07) is 19.2. The quantitative estimate of drug-likeness (QED) is 0.593. The molecule has 0 radical (unpaired) electrons. The summed E-state index contributed by atoms with van der Waals surface area (Å²) < 4.78 is 11.1. The number of ether oxygens (including phenoxy) is 2. The highest BCUT2D eigenvalue weighted by molar-refractivity contribution is 6.31. The minimum Gasteiger partial charge on any atom is -0.486 e. The highest BCUT2D eigenvalue weighted by Gasteiger charge is 2.51. The molecule has 0 aromatic heterocycles. The van der Waals surface area contributed by atoms with Gasteiger partial charge in [-0.1, -0.05) is 41.9 Å². The van der Waals surface area contributed by atoms with Gasteiger partial charge in [0.1, 0.15) is 13.2 Å². The summed E-state index contributed by atoms with van der Waals surface area (Å²) in [4.78, 5) is 28.1. The van der Waals surface area contributed by atoms with Crippen molar-refractivity contribution in [1.29, 1.82) is 0 Å². The summed E-state index contributed by atoms with van der Waals surface area (Å²) in [6.07, 6.45) is -0.413. The number of benzene rings is 3. The Labute approximate surface area is 189 Å². The van der Waals surface area contributed by atoms with Gasteiger partial charge in [-0.2, -0.15) is 0 Å². The Morgan fingerprint density at radius 3 is 2.53 bits per heavy atom. The molecule has 2 heterocycles. The van der Waals surface area contributed by atoms with E-state index in [1.807, 2.05) is 30.3 Å². The molecule has 0 fully saturated rings. The molecule has 1 amide bonds. The first-order valence-corrected chi connectivity index (χ1v) is 10.6. The van der Waals surface area contributed by atoms with Gasteiger partial charge in [0.05, 0.1) is 18.7 Å². The number of aliphatic hydroxyl groups is 1. The highest BCUT2D eigenvalue weighted by atomic mass is 35.5. The van der Waals surface area contributed by atoms with Gasteiger partial charge in [-0.15, -0.1) is 0 Å². The maximum atomic E-state index is 13.4. The van der Waals surface area contributed by atoms with E-state index in [1.165, 1.54) is 4.90 Å². The van der Waals surface area contributed by atoms with Crippen LogP contribution in [0.15, 0.2) is 66.7 Å². The third-order valence-electron chi connectivity index (χ3n) is 5.76. The fourth-order valence-electron chi connectivity index (χ4n) is 4.17. The number of amides is 1. The van der Waals surface area contributed by atoms with Crippen molar-refractivity contribution in [1.82, 2.24) is 0 Å². The molecule has 3 aromatic rings. The van der Waals surface area contributed by atoms with E-state index in [9.17, 15) is 14.7 Å². The lowest BCUT2D eigenvalue weighted by molar-refractivity contribution is -0.136. The van der Waals surface area contributed by atoms with Crippen LogP contribution >= 0.6 is 11.6 Å². The summed E-state index contributed by atoms with van der Waals surface area (Å²) in [6.45, 7) is 1.12. The second-order valence-electron chi connectivity index (χ2n) is 7.86. The van der Waals surface area contributed by atoms with Crippen LogP contribution in [0.4, 0.5) is 5.69 Å². The lowest BCUT2D eigenvalue weighted by Crippen LogP contribution is -2.41. The van der Waals surface area contributed by atoms with Crippen molar-refractivity contribution >= 4 is 29.0 Å². The van der Waals surface area contributed by atoms with E-state index in [4.69, 9.17) is 21.1 Å². The Bertz CT molecular complexity index is 1210. The fraction of sp³-hybridized carbons (Fsp3) is 0.200. The van der Waals surface area contributed by atoms with Crippen LogP contribution in [0.3, 0.4) is 0 Å². The van der Waals surface area contributed by atoms with E-state index in [0.717, 1.165) is 5.56 Å². The molecule has 5 rings (SSSR count). The van der Waals surface area contributed by atoms with Gasteiger partial charge in [-0.25, -0.2) is 0 Å². The minimum absolute atomic E-state index is 0.273. The molecule has 0 aliphatic carbocycles. The predicted octanol–water partition coefficient (Wildman–Crippen LogP) is 4.12. The zero-order valence-corrected chi connectivity index (χ0v) is 17.8.